The van der Waals surface area contributed by atoms with Crippen molar-refractivity contribution in [1.82, 2.24) is 35.3 Å². The Bertz CT molecular complexity index is 2970. The van der Waals surface area contributed by atoms with Crippen molar-refractivity contribution in [2.45, 2.75) is 98.5 Å². The number of aliphatic hydroxyl groups is 1. The van der Waals surface area contributed by atoms with Crippen molar-refractivity contribution in [3.63, 3.8) is 0 Å². The topological polar surface area (TPSA) is 181 Å². The lowest BCUT2D eigenvalue weighted by atomic mass is 9.85. The summed E-state index contributed by atoms with van der Waals surface area (Å²) in [5.74, 6) is -3.45. The third kappa shape index (κ3) is 9.23. The first kappa shape index (κ1) is 48.0. The summed E-state index contributed by atoms with van der Waals surface area (Å²) in [6.07, 6.45) is -1.14. The summed E-state index contributed by atoms with van der Waals surface area (Å²) in [5, 5.41) is 25.9. The fourth-order valence-electron chi connectivity index (χ4n) is 8.76. The molecule has 1 saturated heterocycles. The van der Waals surface area contributed by atoms with E-state index in [1.165, 1.54) is 12.0 Å². The average Bonchev–Trinajstić information content (AvgIpc) is 4.07. The van der Waals surface area contributed by atoms with Crippen molar-refractivity contribution in [3.05, 3.63) is 128 Å². The fourth-order valence-corrected chi connectivity index (χ4v) is 10.8. The Kier molecular flexibility index (Phi) is 13.3. The maximum atomic E-state index is 16.7. The number of rotatable bonds is 11. The van der Waals surface area contributed by atoms with Crippen LogP contribution in [0.5, 0.6) is 0 Å². The van der Waals surface area contributed by atoms with Crippen molar-refractivity contribution in [1.29, 1.82) is 0 Å². The molecule has 3 amide bonds. The van der Waals surface area contributed by atoms with Gasteiger partial charge < -0.3 is 25.4 Å². The van der Waals surface area contributed by atoms with E-state index in [0.717, 1.165) is 54.8 Å². The van der Waals surface area contributed by atoms with Crippen molar-refractivity contribution >= 4 is 52.1 Å². The Hall–Kier alpha value is -6.50. The summed E-state index contributed by atoms with van der Waals surface area (Å²) in [7, 11) is 1.30. The number of thiazole rings is 1. The molecule has 68 heavy (non-hydrogen) atoms. The average molecular weight is 963 g/mol. The number of nitrogens with one attached hydrogen (secondary N) is 2. The molecule has 5 atom stereocenters. The smallest absolute Gasteiger partial charge is 0.308 e. The number of aryl methyl sites for hydroxylation is 3. The number of nitrogens with zero attached hydrogens (tertiary/aromatic N) is 6. The SMILES string of the molecule is COC(=O)C[C@@H]1N=C(c2ccc(-c3cc(F)cc(C(=O)NC(C(=O)N4CC(O)CC4C(=O)N[C@@H](C)c4ccc(-c5scnc5C)cc4)C(C)(C)C)c3F)cc2)c2c(sc(C)c2C)-n2c(C)nnc21. The van der Waals surface area contributed by atoms with Gasteiger partial charge in [-0.25, -0.2) is 13.8 Å². The number of aliphatic hydroxyl groups excluding tert-OH is 1. The van der Waals surface area contributed by atoms with E-state index < -0.39 is 76.6 Å². The third-order valence-electron chi connectivity index (χ3n) is 12.6. The minimum Gasteiger partial charge on any atom is -0.469 e. The molecule has 3 N–H and O–H groups in total. The van der Waals surface area contributed by atoms with Gasteiger partial charge in [0.2, 0.25) is 11.8 Å². The van der Waals surface area contributed by atoms with Crippen LogP contribution < -0.4 is 10.6 Å². The summed E-state index contributed by atoms with van der Waals surface area (Å²) < 4.78 is 39.1. The quantitative estimate of drug-likeness (QED) is 0.108. The van der Waals surface area contributed by atoms with Crippen molar-refractivity contribution in [3.8, 4) is 26.6 Å². The normalized spacial score (nSPS) is 17.7. The van der Waals surface area contributed by atoms with E-state index in [1.807, 2.05) is 63.5 Å². The standard InChI is InChI=1S/C50H52F2N8O6S2/c1-24-27(4)68-49-40(24)42(55-37(21-39(62)66-9)45-58-57-28(5)60(45)49)31-14-12-30(13-15-31)35-18-33(51)19-36(41(35)52)46(63)56-44(50(6,7)8)48(65)59-22-34(61)20-38(59)47(64)54-25(2)29-10-16-32(17-11-29)43-26(3)53-23-67-43/h10-19,23,25,34,37-38,44,61H,20-22H2,1-9H3,(H,54,64)(H,56,63)/t25-,34?,37-,38?,44?/m0/s1. The van der Waals surface area contributed by atoms with E-state index in [-0.39, 0.29) is 30.5 Å². The summed E-state index contributed by atoms with van der Waals surface area (Å²) in [4.78, 5) is 67.7. The number of ether oxygens (including phenoxy) is 1. The summed E-state index contributed by atoms with van der Waals surface area (Å²) >= 11 is 3.08. The number of aliphatic imine (C=N–C) groups is 1. The molecule has 2 aliphatic heterocycles. The van der Waals surface area contributed by atoms with Gasteiger partial charge in [0.25, 0.3) is 5.91 Å². The zero-order valence-electron chi connectivity index (χ0n) is 39.1. The molecule has 2 aliphatic rings. The molecule has 3 unspecified atom stereocenters. The second kappa shape index (κ2) is 18.9. The van der Waals surface area contributed by atoms with Crippen LogP contribution in [0.3, 0.4) is 0 Å². The number of β-amino-alcohol motifs (C(OH)–C–C–N with tert-alkyl or cyclic N) is 1. The second-order valence-electron chi connectivity index (χ2n) is 18.4. The molecule has 3 aromatic carbocycles. The van der Waals surface area contributed by atoms with E-state index in [1.54, 1.807) is 73.2 Å². The molecule has 18 heteroatoms. The van der Waals surface area contributed by atoms with Crippen LogP contribution in [0, 0.1) is 44.7 Å². The Balaban J connectivity index is 1.03. The summed E-state index contributed by atoms with van der Waals surface area (Å²) in [6.45, 7) is 14.5. The molecule has 0 radical (unpaired) electrons. The van der Waals surface area contributed by atoms with E-state index >= 15 is 8.78 Å². The van der Waals surface area contributed by atoms with Crippen LogP contribution in [0.15, 0.2) is 71.2 Å². The number of benzene rings is 3. The lowest BCUT2D eigenvalue weighted by Gasteiger charge is -2.35. The van der Waals surface area contributed by atoms with Gasteiger partial charge in [-0.1, -0.05) is 69.3 Å². The van der Waals surface area contributed by atoms with Gasteiger partial charge in [-0.3, -0.25) is 28.7 Å². The molecule has 0 bridgehead atoms. The zero-order chi connectivity index (χ0) is 48.9. The second-order valence-corrected chi connectivity index (χ2v) is 20.4. The highest BCUT2D eigenvalue weighted by atomic mass is 32.1. The number of methoxy groups -OCH3 is 1. The predicted molar refractivity (Wildman–Crippen MR) is 256 cm³/mol. The first-order valence-corrected chi connectivity index (χ1v) is 23.8. The van der Waals surface area contributed by atoms with Gasteiger partial charge in [0.05, 0.1) is 53.0 Å². The molecule has 8 rings (SSSR count). The first-order valence-electron chi connectivity index (χ1n) is 22.1. The Labute approximate surface area is 400 Å². The van der Waals surface area contributed by atoms with Crippen LogP contribution in [0.4, 0.5) is 8.78 Å². The highest BCUT2D eigenvalue weighted by Gasteiger charge is 2.45. The largest absolute Gasteiger partial charge is 0.469 e. The van der Waals surface area contributed by atoms with Crippen LogP contribution in [-0.4, -0.2) is 91.0 Å². The molecule has 0 aliphatic carbocycles. The molecule has 6 aromatic rings. The number of halogens is 2. The predicted octanol–water partition coefficient (Wildman–Crippen LogP) is 8.07. The van der Waals surface area contributed by atoms with Crippen molar-refractivity contribution in [2.75, 3.05) is 13.7 Å². The maximum Gasteiger partial charge on any atom is 0.308 e. The number of fused-ring (bicyclic) bond motifs is 3. The van der Waals surface area contributed by atoms with Crippen LogP contribution in [0.1, 0.15) is 107 Å². The molecule has 14 nitrogen and oxygen atoms in total. The number of carbonyl (C=O) groups is 4. The molecule has 1 fully saturated rings. The molecule has 3 aromatic heterocycles. The fraction of sp³-hybridized carbons (Fsp3) is 0.360. The number of likely N-dealkylation sites (tertiary alicyclic amines) is 1. The lowest BCUT2D eigenvalue weighted by Crippen LogP contribution is -2.58. The molecular weight excluding hydrogens is 911 g/mol. The van der Waals surface area contributed by atoms with Gasteiger partial charge >= 0.3 is 5.97 Å². The maximum absolute atomic E-state index is 16.7. The lowest BCUT2D eigenvalue weighted by molar-refractivity contribution is -0.142. The van der Waals surface area contributed by atoms with E-state index in [4.69, 9.17) is 9.73 Å². The molecule has 354 valence electrons. The number of esters is 1. The van der Waals surface area contributed by atoms with Gasteiger partial charge in [-0.2, -0.15) is 0 Å². The van der Waals surface area contributed by atoms with Gasteiger partial charge in [0, 0.05) is 34.5 Å². The molecule has 0 saturated carbocycles. The van der Waals surface area contributed by atoms with Crippen LogP contribution in [0.2, 0.25) is 0 Å². The van der Waals surface area contributed by atoms with Crippen molar-refractivity contribution in [2.24, 2.45) is 10.4 Å². The number of hydrogen-bond acceptors (Lipinski definition) is 12. The Morgan fingerprint density at radius 1 is 0.941 bits per heavy atom. The minimum atomic E-state index is -1.31. The van der Waals surface area contributed by atoms with Gasteiger partial charge in [-0.05, 0) is 74.4 Å². The highest BCUT2D eigenvalue weighted by Crippen LogP contribution is 2.40. The summed E-state index contributed by atoms with van der Waals surface area (Å²) in [6, 6.07) is 12.6. The highest BCUT2D eigenvalue weighted by molar-refractivity contribution is 7.15. The number of aromatic nitrogens is 4. The number of amides is 3. The zero-order valence-corrected chi connectivity index (χ0v) is 40.7. The van der Waals surface area contributed by atoms with E-state index in [0.29, 0.717) is 22.9 Å². The first-order chi connectivity index (χ1) is 32.2. The van der Waals surface area contributed by atoms with Gasteiger partial charge in [0.15, 0.2) is 5.82 Å². The Morgan fingerprint density at radius 3 is 2.26 bits per heavy atom. The number of hydrogen-bond donors (Lipinski definition) is 3. The monoisotopic (exact) mass is 962 g/mol. The minimum absolute atomic E-state index is 0.0311. The Morgan fingerprint density at radius 2 is 1.62 bits per heavy atom. The van der Waals surface area contributed by atoms with Gasteiger partial charge in [0.1, 0.15) is 40.6 Å². The molecule has 0 spiro atoms. The van der Waals surface area contributed by atoms with Crippen LogP contribution in [0.25, 0.3) is 26.6 Å². The van der Waals surface area contributed by atoms with Crippen LogP contribution in [-0.2, 0) is 19.1 Å². The van der Waals surface area contributed by atoms with E-state index in [9.17, 15) is 24.3 Å². The molecule has 5 heterocycles. The van der Waals surface area contributed by atoms with Crippen molar-refractivity contribution < 1.29 is 37.8 Å². The third-order valence-corrected chi connectivity index (χ3v) is 14.8. The number of carbonyl (C=O) groups excluding carboxylic acids is 4. The summed E-state index contributed by atoms with van der Waals surface area (Å²) in [5.41, 5.74) is 6.00. The van der Waals surface area contributed by atoms with Gasteiger partial charge in [-0.15, -0.1) is 32.9 Å². The van der Waals surface area contributed by atoms with E-state index in [2.05, 4.69) is 25.8 Å². The van der Waals surface area contributed by atoms with Crippen LogP contribution >= 0.6 is 22.7 Å². The number of thiophene rings is 1. The molecular formula is C50H52F2N8O6S2.